The van der Waals surface area contributed by atoms with Crippen LogP contribution in [0.2, 0.25) is 0 Å². The summed E-state index contributed by atoms with van der Waals surface area (Å²) in [4.78, 5) is 18.3. The number of hydrogen-bond donors (Lipinski definition) is 2. The van der Waals surface area contributed by atoms with Gasteiger partial charge in [0, 0.05) is 35.4 Å². The standard InChI is InChI=1S/C19H22N2O2S/c22-12-6-11-20-13-16-15-9-4-5-10-17(15)24-19(16)21-18(23)14-7-2-1-3-8-14/h1-3,7-8,13,22H,4-6,9-12H2,(H,21,23). The number of aliphatic hydroxyl groups excluding tert-OH is 1. The normalized spacial score (nSPS) is 13.9. The second-order valence-electron chi connectivity index (χ2n) is 5.89. The van der Waals surface area contributed by atoms with Crippen molar-refractivity contribution in [1.82, 2.24) is 0 Å². The number of aryl methyl sites for hydroxylation is 1. The van der Waals surface area contributed by atoms with Crippen LogP contribution in [0.15, 0.2) is 35.3 Å². The van der Waals surface area contributed by atoms with E-state index in [1.54, 1.807) is 11.3 Å². The molecule has 0 atom stereocenters. The maximum Gasteiger partial charge on any atom is 0.256 e. The van der Waals surface area contributed by atoms with E-state index in [-0.39, 0.29) is 12.5 Å². The zero-order valence-electron chi connectivity index (χ0n) is 13.6. The molecule has 5 heteroatoms. The van der Waals surface area contributed by atoms with Crippen molar-refractivity contribution in [3.05, 3.63) is 51.9 Å². The van der Waals surface area contributed by atoms with Gasteiger partial charge in [0.1, 0.15) is 5.00 Å². The monoisotopic (exact) mass is 342 g/mol. The van der Waals surface area contributed by atoms with Crippen LogP contribution < -0.4 is 5.32 Å². The Morgan fingerprint density at radius 1 is 1.25 bits per heavy atom. The van der Waals surface area contributed by atoms with Crippen LogP contribution in [0.3, 0.4) is 0 Å². The molecule has 0 aliphatic heterocycles. The van der Waals surface area contributed by atoms with Crippen LogP contribution in [-0.2, 0) is 12.8 Å². The molecule has 2 N–H and O–H groups in total. The van der Waals surface area contributed by atoms with Gasteiger partial charge in [-0.15, -0.1) is 11.3 Å². The van der Waals surface area contributed by atoms with Gasteiger partial charge in [0.2, 0.25) is 0 Å². The molecule has 0 unspecified atom stereocenters. The minimum atomic E-state index is -0.0841. The number of amides is 1. The highest BCUT2D eigenvalue weighted by Crippen LogP contribution is 2.37. The molecule has 24 heavy (non-hydrogen) atoms. The van der Waals surface area contributed by atoms with E-state index in [2.05, 4.69) is 10.3 Å². The number of benzene rings is 1. The van der Waals surface area contributed by atoms with Crippen LogP contribution >= 0.6 is 11.3 Å². The largest absolute Gasteiger partial charge is 0.396 e. The van der Waals surface area contributed by atoms with Gasteiger partial charge in [-0.1, -0.05) is 18.2 Å². The SMILES string of the molecule is O=C(Nc1sc2c(c1C=NCCCO)CCCC2)c1ccccc1. The molecule has 1 heterocycles. The summed E-state index contributed by atoms with van der Waals surface area (Å²) in [5.74, 6) is -0.0841. The molecule has 1 aromatic heterocycles. The molecule has 2 aromatic rings. The van der Waals surface area contributed by atoms with Crippen molar-refractivity contribution in [3.8, 4) is 0 Å². The average Bonchev–Trinajstić information content (AvgIpc) is 2.97. The lowest BCUT2D eigenvalue weighted by Gasteiger charge is -2.11. The maximum atomic E-state index is 12.5. The number of rotatable bonds is 6. The summed E-state index contributed by atoms with van der Waals surface area (Å²) in [6.07, 6.45) is 7.06. The molecule has 1 aliphatic carbocycles. The zero-order chi connectivity index (χ0) is 16.8. The molecule has 0 radical (unpaired) electrons. The average molecular weight is 342 g/mol. The lowest BCUT2D eigenvalue weighted by atomic mass is 9.96. The third kappa shape index (κ3) is 3.91. The van der Waals surface area contributed by atoms with Gasteiger partial charge in [0.15, 0.2) is 0 Å². The fourth-order valence-corrected chi connectivity index (χ4v) is 4.16. The number of nitrogens with zero attached hydrogens (tertiary/aromatic N) is 1. The fraction of sp³-hybridized carbons (Fsp3) is 0.368. The molecule has 1 aliphatic rings. The Balaban J connectivity index is 1.84. The molecule has 4 nitrogen and oxygen atoms in total. The molecule has 0 saturated carbocycles. The molecule has 1 amide bonds. The van der Waals surface area contributed by atoms with E-state index in [0.717, 1.165) is 23.4 Å². The molecule has 0 spiro atoms. The Hall–Kier alpha value is -1.98. The van der Waals surface area contributed by atoms with E-state index in [1.807, 2.05) is 36.5 Å². The smallest absolute Gasteiger partial charge is 0.256 e. The number of carbonyl (C=O) groups excluding carboxylic acids is 1. The minimum absolute atomic E-state index is 0.0841. The second kappa shape index (κ2) is 8.22. The third-order valence-electron chi connectivity index (χ3n) is 4.14. The molecular weight excluding hydrogens is 320 g/mol. The van der Waals surface area contributed by atoms with Crippen molar-refractivity contribution >= 4 is 28.5 Å². The number of anilines is 1. The molecule has 0 fully saturated rings. The topological polar surface area (TPSA) is 61.7 Å². The second-order valence-corrected chi connectivity index (χ2v) is 6.99. The predicted molar refractivity (Wildman–Crippen MR) is 99.5 cm³/mol. The van der Waals surface area contributed by atoms with E-state index in [4.69, 9.17) is 5.11 Å². The third-order valence-corrected chi connectivity index (χ3v) is 5.36. The van der Waals surface area contributed by atoms with Crippen molar-refractivity contribution in [2.24, 2.45) is 4.99 Å². The van der Waals surface area contributed by atoms with Crippen LogP contribution in [0.4, 0.5) is 5.00 Å². The van der Waals surface area contributed by atoms with Crippen LogP contribution in [0.25, 0.3) is 0 Å². The van der Waals surface area contributed by atoms with E-state index in [9.17, 15) is 4.79 Å². The van der Waals surface area contributed by atoms with Crippen molar-refractivity contribution < 1.29 is 9.90 Å². The number of carbonyl (C=O) groups is 1. The van der Waals surface area contributed by atoms with Gasteiger partial charge in [-0.05, 0) is 49.8 Å². The van der Waals surface area contributed by atoms with Crippen LogP contribution in [0.1, 0.15) is 45.6 Å². The van der Waals surface area contributed by atoms with Crippen molar-refractivity contribution in [2.75, 3.05) is 18.5 Å². The highest BCUT2D eigenvalue weighted by molar-refractivity contribution is 7.17. The Bertz CT molecular complexity index is 722. The van der Waals surface area contributed by atoms with E-state index in [1.165, 1.54) is 23.3 Å². The summed E-state index contributed by atoms with van der Waals surface area (Å²) in [7, 11) is 0. The van der Waals surface area contributed by atoms with E-state index in [0.29, 0.717) is 18.5 Å². The summed E-state index contributed by atoms with van der Waals surface area (Å²) in [5.41, 5.74) is 3.05. The summed E-state index contributed by atoms with van der Waals surface area (Å²) in [6, 6.07) is 9.27. The number of hydrogen-bond acceptors (Lipinski definition) is 4. The first-order chi connectivity index (χ1) is 11.8. The van der Waals surface area contributed by atoms with Crippen LogP contribution in [0.5, 0.6) is 0 Å². The molecular formula is C19H22N2O2S. The Kier molecular flexibility index (Phi) is 5.77. The molecule has 3 rings (SSSR count). The van der Waals surface area contributed by atoms with Crippen LogP contribution in [0, 0.1) is 0 Å². The summed E-state index contributed by atoms with van der Waals surface area (Å²) in [6.45, 7) is 0.754. The van der Waals surface area contributed by atoms with E-state index < -0.39 is 0 Å². The maximum absolute atomic E-state index is 12.5. The van der Waals surface area contributed by atoms with Gasteiger partial charge < -0.3 is 10.4 Å². The summed E-state index contributed by atoms with van der Waals surface area (Å²) in [5, 5.41) is 12.8. The number of aliphatic imine (C=N–C) groups is 1. The quantitative estimate of drug-likeness (QED) is 0.621. The minimum Gasteiger partial charge on any atom is -0.396 e. The Morgan fingerprint density at radius 2 is 2.04 bits per heavy atom. The summed E-state index contributed by atoms with van der Waals surface area (Å²) < 4.78 is 0. The highest BCUT2D eigenvalue weighted by Gasteiger charge is 2.21. The zero-order valence-corrected chi connectivity index (χ0v) is 14.4. The Morgan fingerprint density at radius 3 is 2.83 bits per heavy atom. The lowest BCUT2D eigenvalue weighted by Crippen LogP contribution is -2.12. The van der Waals surface area contributed by atoms with Gasteiger partial charge in [0.25, 0.3) is 5.91 Å². The molecule has 0 saturated heterocycles. The summed E-state index contributed by atoms with van der Waals surface area (Å²) >= 11 is 1.68. The first-order valence-corrected chi connectivity index (χ1v) is 9.23. The van der Waals surface area contributed by atoms with Crippen molar-refractivity contribution in [1.29, 1.82) is 0 Å². The van der Waals surface area contributed by atoms with Gasteiger partial charge >= 0.3 is 0 Å². The van der Waals surface area contributed by atoms with Crippen molar-refractivity contribution in [2.45, 2.75) is 32.1 Å². The highest BCUT2D eigenvalue weighted by atomic mass is 32.1. The Labute approximate surface area is 146 Å². The molecule has 0 bridgehead atoms. The van der Waals surface area contributed by atoms with Gasteiger partial charge in [-0.3, -0.25) is 9.79 Å². The predicted octanol–water partition coefficient (Wildman–Crippen LogP) is 3.68. The van der Waals surface area contributed by atoms with Gasteiger partial charge in [0.05, 0.1) is 0 Å². The number of aliphatic hydroxyl groups is 1. The van der Waals surface area contributed by atoms with E-state index >= 15 is 0 Å². The molecule has 1 aromatic carbocycles. The van der Waals surface area contributed by atoms with Crippen LogP contribution in [-0.4, -0.2) is 30.4 Å². The number of nitrogens with one attached hydrogen (secondary N) is 1. The first-order valence-electron chi connectivity index (χ1n) is 8.41. The molecule has 126 valence electrons. The lowest BCUT2D eigenvalue weighted by molar-refractivity contribution is 0.102. The fourth-order valence-electron chi connectivity index (χ4n) is 2.90. The number of thiophene rings is 1. The van der Waals surface area contributed by atoms with Gasteiger partial charge in [-0.2, -0.15) is 0 Å². The number of fused-ring (bicyclic) bond motifs is 1. The van der Waals surface area contributed by atoms with Crippen molar-refractivity contribution in [3.63, 3.8) is 0 Å². The van der Waals surface area contributed by atoms with Gasteiger partial charge in [-0.25, -0.2) is 0 Å². The first kappa shape index (κ1) is 16.9.